The molecule has 1 aliphatic rings. The van der Waals surface area contributed by atoms with E-state index in [4.69, 9.17) is 0 Å². The molecule has 0 N–H and O–H groups in total. The molecule has 2 aromatic rings. The van der Waals surface area contributed by atoms with Gasteiger partial charge in [0.2, 0.25) is 0 Å². The molecule has 0 bridgehead atoms. The fourth-order valence-electron chi connectivity index (χ4n) is 2.74. The normalized spacial score (nSPS) is 17.2. The van der Waals surface area contributed by atoms with Crippen LogP contribution >= 0.6 is 0 Å². The first-order chi connectivity index (χ1) is 9.81. The van der Waals surface area contributed by atoms with Crippen molar-refractivity contribution < 1.29 is 0 Å². The summed E-state index contributed by atoms with van der Waals surface area (Å²) < 4.78 is 0. The van der Waals surface area contributed by atoms with Gasteiger partial charge in [-0.05, 0) is 29.8 Å². The Hall–Kier alpha value is -1.64. The second-order valence-electron chi connectivity index (χ2n) is 5.65. The van der Waals surface area contributed by atoms with E-state index in [0.29, 0.717) is 0 Å². The van der Waals surface area contributed by atoms with E-state index >= 15 is 0 Å². The van der Waals surface area contributed by atoms with Crippen molar-refractivity contribution in [3.8, 4) is 11.1 Å². The van der Waals surface area contributed by atoms with Gasteiger partial charge in [-0.2, -0.15) is 0 Å². The summed E-state index contributed by atoms with van der Waals surface area (Å²) in [4.78, 5) is 4.95. The van der Waals surface area contributed by atoms with Gasteiger partial charge in [-0.1, -0.05) is 48.5 Å². The van der Waals surface area contributed by atoms with Crippen LogP contribution in [0.1, 0.15) is 5.56 Å². The largest absolute Gasteiger partial charge is 0.304 e. The van der Waals surface area contributed by atoms with Gasteiger partial charge in [0.1, 0.15) is 0 Å². The fourth-order valence-corrected chi connectivity index (χ4v) is 2.74. The van der Waals surface area contributed by atoms with Crippen molar-refractivity contribution in [2.75, 3.05) is 33.2 Å². The molecule has 20 heavy (non-hydrogen) atoms. The quantitative estimate of drug-likeness (QED) is 0.842. The van der Waals surface area contributed by atoms with E-state index in [2.05, 4.69) is 71.4 Å². The molecule has 3 rings (SSSR count). The van der Waals surface area contributed by atoms with E-state index < -0.39 is 0 Å². The topological polar surface area (TPSA) is 6.48 Å². The number of piperazine rings is 1. The number of hydrogen-bond donors (Lipinski definition) is 0. The number of nitrogens with zero attached hydrogens (tertiary/aromatic N) is 2. The summed E-state index contributed by atoms with van der Waals surface area (Å²) in [5.41, 5.74) is 4.03. The smallest absolute Gasteiger partial charge is 0.0235 e. The first-order valence-electron chi connectivity index (χ1n) is 7.36. The molecule has 104 valence electrons. The predicted octanol–water partition coefficient (Wildman–Crippen LogP) is 3.10. The van der Waals surface area contributed by atoms with Crippen molar-refractivity contribution in [3.05, 3.63) is 60.2 Å². The van der Waals surface area contributed by atoms with Crippen LogP contribution in [0.2, 0.25) is 0 Å². The maximum absolute atomic E-state index is 2.55. The van der Waals surface area contributed by atoms with Gasteiger partial charge in [0.05, 0.1) is 0 Å². The molecule has 0 radical (unpaired) electrons. The lowest BCUT2D eigenvalue weighted by Crippen LogP contribution is -2.43. The summed E-state index contributed by atoms with van der Waals surface area (Å²) in [5, 5.41) is 0. The van der Waals surface area contributed by atoms with E-state index in [1.165, 1.54) is 42.9 Å². The van der Waals surface area contributed by atoms with Gasteiger partial charge in [0, 0.05) is 32.7 Å². The third-order valence-corrected chi connectivity index (χ3v) is 4.04. The Labute approximate surface area is 121 Å². The van der Waals surface area contributed by atoms with Gasteiger partial charge in [0.15, 0.2) is 0 Å². The van der Waals surface area contributed by atoms with Crippen molar-refractivity contribution in [3.63, 3.8) is 0 Å². The molecule has 0 aromatic heterocycles. The lowest BCUT2D eigenvalue weighted by molar-refractivity contribution is 0.148. The van der Waals surface area contributed by atoms with Crippen molar-refractivity contribution >= 4 is 0 Å². The van der Waals surface area contributed by atoms with Gasteiger partial charge in [-0.3, -0.25) is 4.90 Å². The van der Waals surface area contributed by atoms with Crippen LogP contribution in [-0.2, 0) is 6.54 Å². The molecule has 0 saturated carbocycles. The van der Waals surface area contributed by atoms with Crippen LogP contribution in [0.4, 0.5) is 0 Å². The van der Waals surface area contributed by atoms with Crippen LogP contribution in [0, 0.1) is 0 Å². The zero-order chi connectivity index (χ0) is 13.8. The second-order valence-corrected chi connectivity index (χ2v) is 5.65. The van der Waals surface area contributed by atoms with Crippen molar-refractivity contribution in [1.29, 1.82) is 0 Å². The van der Waals surface area contributed by atoms with E-state index in [9.17, 15) is 0 Å². The Morgan fingerprint density at radius 1 is 0.800 bits per heavy atom. The van der Waals surface area contributed by atoms with Gasteiger partial charge >= 0.3 is 0 Å². The first-order valence-corrected chi connectivity index (χ1v) is 7.36. The maximum Gasteiger partial charge on any atom is 0.0235 e. The Morgan fingerprint density at radius 3 is 2.25 bits per heavy atom. The first kappa shape index (κ1) is 13.3. The summed E-state index contributed by atoms with van der Waals surface area (Å²) >= 11 is 0. The molecule has 2 aromatic carbocycles. The summed E-state index contributed by atoms with van der Waals surface area (Å²) in [6.45, 7) is 5.77. The predicted molar refractivity (Wildman–Crippen MR) is 84.7 cm³/mol. The molecule has 0 amide bonds. The van der Waals surface area contributed by atoms with E-state index in [-0.39, 0.29) is 0 Å². The zero-order valence-electron chi connectivity index (χ0n) is 12.1. The molecule has 0 aliphatic carbocycles. The highest BCUT2D eigenvalue weighted by Crippen LogP contribution is 2.20. The van der Waals surface area contributed by atoms with Gasteiger partial charge < -0.3 is 4.90 Å². The number of benzene rings is 2. The lowest BCUT2D eigenvalue weighted by atomic mass is 10.0. The van der Waals surface area contributed by atoms with E-state index in [1.54, 1.807) is 0 Å². The molecule has 0 unspecified atom stereocenters. The van der Waals surface area contributed by atoms with Crippen LogP contribution in [0.15, 0.2) is 54.6 Å². The average Bonchev–Trinajstić information content (AvgIpc) is 2.51. The van der Waals surface area contributed by atoms with Gasteiger partial charge in [0.25, 0.3) is 0 Å². The summed E-state index contributed by atoms with van der Waals surface area (Å²) in [7, 11) is 2.20. The third-order valence-electron chi connectivity index (χ3n) is 4.04. The Bertz CT molecular complexity index is 542. The van der Waals surface area contributed by atoms with Gasteiger partial charge in [-0.25, -0.2) is 0 Å². The molecule has 1 heterocycles. The minimum absolute atomic E-state index is 1.06. The lowest BCUT2D eigenvalue weighted by Gasteiger charge is -2.32. The molecule has 1 saturated heterocycles. The Kier molecular flexibility index (Phi) is 4.14. The van der Waals surface area contributed by atoms with Crippen LogP contribution in [-0.4, -0.2) is 43.0 Å². The molecule has 0 atom stereocenters. The molecule has 2 nitrogen and oxygen atoms in total. The van der Waals surface area contributed by atoms with Crippen molar-refractivity contribution in [1.82, 2.24) is 9.80 Å². The standard InChI is InChI=1S/C18H22N2/c1-19-10-12-20(13-11-19)15-16-6-5-9-18(14-16)17-7-3-2-4-8-17/h2-9,14H,10-13,15H2,1H3. The zero-order valence-corrected chi connectivity index (χ0v) is 12.1. The van der Waals surface area contributed by atoms with Crippen LogP contribution < -0.4 is 0 Å². The second kappa shape index (κ2) is 6.21. The Morgan fingerprint density at radius 2 is 1.50 bits per heavy atom. The highest BCUT2D eigenvalue weighted by atomic mass is 15.2. The molecule has 1 fully saturated rings. The monoisotopic (exact) mass is 266 g/mol. The summed E-state index contributed by atoms with van der Waals surface area (Å²) in [6, 6.07) is 19.6. The minimum atomic E-state index is 1.06. The molecule has 1 aliphatic heterocycles. The highest BCUT2D eigenvalue weighted by Gasteiger charge is 2.13. The minimum Gasteiger partial charge on any atom is -0.304 e. The molecular weight excluding hydrogens is 244 g/mol. The molecule has 0 spiro atoms. The molecule has 2 heteroatoms. The number of rotatable bonds is 3. The van der Waals surface area contributed by atoms with E-state index in [1.807, 2.05) is 0 Å². The van der Waals surface area contributed by atoms with Crippen molar-refractivity contribution in [2.45, 2.75) is 6.54 Å². The number of hydrogen-bond acceptors (Lipinski definition) is 2. The van der Waals surface area contributed by atoms with E-state index in [0.717, 1.165) is 6.54 Å². The highest BCUT2D eigenvalue weighted by molar-refractivity contribution is 5.63. The maximum atomic E-state index is 2.55. The van der Waals surface area contributed by atoms with Crippen molar-refractivity contribution in [2.24, 2.45) is 0 Å². The third kappa shape index (κ3) is 3.27. The van der Waals surface area contributed by atoms with Gasteiger partial charge in [-0.15, -0.1) is 0 Å². The van der Waals surface area contributed by atoms with Crippen LogP contribution in [0.3, 0.4) is 0 Å². The fraction of sp³-hybridized carbons (Fsp3) is 0.333. The number of likely N-dealkylation sites (N-methyl/N-ethyl adjacent to an activating group) is 1. The van der Waals surface area contributed by atoms with Crippen LogP contribution in [0.25, 0.3) is 11.1 Å². The average molecular weight is 266 g/mol. The Balaban J connectivity index is 1.72. The SMILES string of the molecule is CN1CCN(Cc2cccc(-c3ccccc3)c2)CC1. The van der Waals surface area contributed by atoms with Crippen LogP contribution in [0.5, 0.6) is 0 Å². The molecular formula is C18H22N2. The summed E-state index contributed by atoms with van der Waals surface area (Å²) in [6.07, 6.45) is 0. The summed E-state index contributed by atoms with van der Waals surface area (Å²) in [5.74, 6) is 0.